The van der Waals surface area contributed by atoms with E-state index < -0.39 is 0 Å². The standard InChI is InChI=1S/C12H23N3O2/c1-11(2)14-7-5-12(16)15(8-4-6-13)9-10-17-3/h11,14H,4-5,7-10H2,1-3H3. The third kappa shape index (κ3) is 8.66. The van der Waals surface area contributed by atoms with E-state index in [0.29, 0.717) is 45.1 Å². The summed E-state index contributed by atoms with van der Waals surface area (Å²) >= 11 is 0. The van der Waals surface area contributed by atoms with Crippen molar-refractivity contribution in [2.75, 3.05) is 33.4 Å². The van der Waals surface area contributed by atoms with Gasteiger partial charge in [0.05, 0.1) is 19.1 Å². The van der Waals surface area contributed by atoms with Crippen LogP contribution in [0.5, 0.6) is 0 Å². The number of hydrogen-bond donors (Lipinski definition) is 1. The van der Waals surface area contributed by atoms with Gasteiger partial charge in [0.2, 0.25) is 5.91 Å². The molecule has 0 heterocycles. The van der Waals surface area contributed by atoms with Gasteiger partial charge >= 0.3 is 0 Å². The summed E-state index contributed by atoms with van der Waals surface area (Å²) in [6.45, 7) is 6.31. The number of methoxy groups -OCH3 is 1. The molecule has 5 nitrogen and oxygen atoms in total. The zero-order chi connectivity index (χ0) is 13.1. The smallest absolute Gasteiger partial charge is 0.223 e. The van der Waals surface area contributed by atoms with Crippen molar-refractivity contribution in [2.24, 2.45) is 0 Å². The summed E-state index contributed by atoms with van der Waals surface area (Å²) in [5.74, 6) is 0.0745. The lowest BCUT2D eigenvalue weighted by Crippen LogP contribution is -2.37. The van der Waals surface area contributed by atoms with Crippen molar-refractivity contribution in [1.29, 1.82) is 5.26 Å². The number of amides is 1. The second-order valence-electron chi connectivity index (χ2n) is 4.14. The number of rotatable bonds is 9. The first kappa shape index (κ1) is 15.9. The molecule has 0 saturated carbocycles. The van der Waals surface area contributed by atoms with E-state index in [-0.39, 0.29) is 5.91 Å². The van der Waals surface area contributed by atoms with Crippen LogP contribution in [0, 0.1) is 11.3 Å². The Kier molecular flexibility index (Phi) is 9.40. The van der Waals surface area contributed by atoms with Crippen LogP contribution < -0.4 is 5.32 Å². The summed E-state index contributed by atoms with van der Waals surface area (Å²) in [4.78, 5) is 13.5. The highest BCUT2D eigenvalue weighted by Gasteiger charge is 2.12. The van der Waals surface area contributed by atoms with Gasteiger partial charge in [0.1, 0.15) is 0 Å². The molecule has 0 aliphatic heterocycles. The van der Waals surface area contributed by atoms with E-state index in [1.54, 1.807) is 12.0 Å². The second kappa shape index (κ2) is 10.1. The summed E-state index contributed by atoms with van der Waals surface area (Å²) in [7, 11) is 1.60. The summed E-state index contributed by atoms with van der Waals surface area (Å²) in [5, 5.41) is 11.7. The molecule has 17 heavy (non-hydrogen) atoms. The van der Waals surface area contributed by atoms with Crippen LogP contribution in [-0.4, -0.2) is 50.2 Å². The van der Waals surface area contributed by atoms with E-state index in [1.807, 2.05) is 13.8 Å². The largest absolute Gasteiger partial charge is 0.383 e. The number of ether oxygens (including phenoxy) is 1. The van der Waals surface area contributed by atoms with Gasteiger partial charge in [-0.3, -0.25) is 4.79 Å². The molecular formula is C12H23N3O2. The predicted molar refractivity (Wildman–Crippen MR) is 66.4 cm³/mol. The lowest BCUT2D eigenvalue weighted by atomic mass is 10.3. The molecule has 1 amide bonds. The third-order valence-corrected chi connectivity index (χ3v) is 2.30. The molecule has 5 heteroatoms. The van der Waals surface area contributed by atoms with Crippen LogP contribution in [0.3, 0.4) is 0 Å². The number of nitrogens with zero attached hydrogens (tertiary/aromatic N) is 2. The Hall–Kier alpha value is -1.12. The van der Waals surface area contributed by atoms with Crippen molar-refractivity contribution in [2.45, 2.75) is 32.7 Å². The normalized spacial score (nSPS) is 10.3. The summed E-state index contributed by atoms with van der Waals surface area (Å²) < 4.78 is 4.95. The molecule has 0 aromatic heterocycles. The first-order valence-electron chi connectivity index (χ1n) is 5.98. The fourth-order valence-electron chi connectivity index (χ4n) is 1.37. The van der Waals surface area contributed by atoms with Gasteiger partial charge in [-0.25, -0.2) is 0 Å². The maximum absolute atomic E-state index is 11.9. The average Bonchev–Trinajstić information content (AvgIpc) is 2.28. The van der Waals surface area contributed by atoms with Crippen LogP contribution in [-0.2, 0) is 9.53 Å². The molecule has 0 aliphatic carbocycles. The van der Waals surface area contributed by atoms with E-state index in [4.69, 9.17) is 10.00 Å². The zero-order valence-corrected chi connectivity index (χ0v) is 11.0. The van der Waals surface area contributed by atoms with Crippen molar-refractivity contribution < 1.29 is 9.53 Å². The molecule has 0 fully saturated rings. The third-order valence-electron chi connectivity index (χ3n) is 2.30. The van der Waals surface area contributed by atoms with E-state index in [0.717, 1.165) is 0 Å². The molecule has 0 spiro atoms. The van der Waals surface area contributed by atoms with Crippen molar-refractivity contribution in [1.82, 2.24) is 10.2 Å². The molecule has 0 atom stereocenters. The number of carbonyl (C=O) groups is 1. The van der Waals surface area contributed by atoms with Gasteiger partial charge in [-0.05, 0) is 0 Å². The van der Waals surface area contributed by atoms with Crippen molar-refractivity contribution in [3.8, 4) is 6.07 Å². The number of nitrogens with one attached hydrogen (secondary N) is 1. The Morgan fingerprint density at radius 2 is 2.18 bits per heavy atom. The Morgan fingerprint density at radius 1 is 1.47 bits per heavy atom. The van der Waals surface area contributed by atoms with E-state index >= 15 is 0 Å². The molecule has 0 rings (SSSR count). The number of carbonyl (C=O) groups excluding carboxylic acids is 1. The van der Waals surface area contributed by atoms with Crippen molar-refractivity contribution in [3.63, 3.8) is 0 Å². The highest BCUT2D eigenvalue weighted by atomic mass is 16.5. The average molecular weight is 241 g/mol. The summed E-state index contributed by atoms with van der Waals surface area (Å²) in [6, 6.07) is 2.44. The molecule has 0 unspecified atom stereocenters. The maximum Gasteiger partial charge on any atom is 0.223 e. The SMILES string of the molecule is COCCN(CCC#N)C(=O)CCNC(C)C. The van der Waals surface area contributed by atoms with E-state index in [1.165, 1.54) is 0 Å². The number of nitriles is 1. The van der Waals surface area contributed by atoms with Crippen LogP contribution >= 0.6 is 0 Å². The van der Waals surface area contributed by atoms with Gasteiger partial charge in [-0.15, -0.1) is 0 Å². The van der Waals surface area contributed by atoms with Gasteiger partial charge in [-0.1, -0.05) is 13.8 Å². The van der Waals surface area contributed by atoms with Crippen LogP contribution in [0.15, 0.2) is 0 Å². The Balaban J connectivity index is 3.98. The molecule has 98 valence electrons. The number of hydrogen-bond acceptors (Lipinski definition) is 4. The molecule has 0 bridgehead atoms. The Bertz CT molecular complexity index is 249. The van der Waals surface area contributed by atoms with E-state index in [9.17, 15) is 4.79 Å². The van der Waals surface area contributed by atoms with Crippen molar-refractivity contribution >= 4 is 5.91 Å². The van der Waals surface area contributed by atoms with Gasteiger partial charge in [0, 0.05) is 39.2 Å². The Morgan fingerprint density at radius 3 is 2.71 bits per heavy atom. The second-order valence-corrected chi connectivity index (χ2v) is 4.14. The Labute approximate surface area is 104 Å². The highest BCUT2D eigenvalue weighted by molar-refractivity contribution is 5.76. The summed E-state index contributed by atoms with van der Waals surface area (Å²) in [5.41, 5.74) is 0. The molecule has 0 aromatic rings. The molecule has 0 aromatic carbocycles. The van der Waals surface area contributed by atoms with Crippen LogP contribution in [0.4, 0.5) is 0 Å². The molecular weight excluding hydrogens is 218 g/mol. The fourth-order valence-corrected chi connectivity index (χ4v) is 1.37. The van der Waals surface area contributed by atoms with Crippen LogP contribution in [0.2, 0.25) is 0 Å². The minimum atomic E-state index is 0.0745. The predicted octanol–water partition coefficient (Wildman–Crippen LogP) is 0.763. The first-order chi connectivity index (χ1) is 8.11. The van der Waals surface area contributed by atoms with Gasteiger partial charge < -0.3 is 15.0 Å². The maximum atomic E-state index is 11.9. The van der Waals surface area contributed by atoms with Crippen LogP contribution in [0.1, 0.15) is 26.7 Å². The van der Waals surface area contributed by atoms with Gasteiger partial charge in [-0.2, -0.15) is 5.26 Å². The zero-order valence-electron chi connectivity index (χ0n) is 11.0. The molecule has 0 radical (unpaired) electrons. The summed E-state index contributed by atoms with van der Waals surface area (Å²) in [6.07, 6.45) is 0.834. The van der Waals surface area contributed by atoms with Crippen LogP contribution in [0.25, 0.3) is 0 Å². The molecule has 1 N–H and O–H groups in total. The lowest BCUT2D eigenvalue weighted by Gasteiger charge is -2.21. The molecule has 0 aliphatic rings. The minimum Gasteiger partial charge on any atom is -0.383 e. The highest BCUT2D eigenvalue weighted by Crippen LogP contribution is 1.96. The van der Waals surface area contributed by atoms with Gasteiger partial charge in [0.15, 0.2) is 0 Å². The monoisotopic (exact) mass is 241 g/mol. The first-order valence-corrected chi connectivity index (χ1v) is 5.98. The minimum absolute atomic E-state index is 0.0745. The fraction of sp³-hybridized carbons (Fsp3) is 0.833. The molecule has 0 saturated heterocycles. The lowest BCUT2D eigenvalue weighted by molar-refractivity contribution is -0.131. The topological polar surface area (TPSA) is 65.4 Å². The van der Waals surface area contributed by atoms with E-state index in [2.05, 4.69) is 11.4 Å². The van der Waals surface area contributed by atoms with Crippen molar-refractivity contribution in [3.05, 3.63) is 0 Å². The quantitative estimate of drug-likeness (QED) is 0.647. The van der Waals surface area contributed by atoms with Gasteiger partial charge in [0.25, 0.3) is 0 Å².